The van der Waals surface area contributed by atoms with Crippen molar-refractivity contribution in [3.8, 4) is 0 Å². The molecule has 164 valence electrons. The molecule has 5 rings (SSSR count). The molecule has 9 heteroatoms. The maximum absolute atomic E-state index is 12.5. The first-order valence-electron chi connectivity index (χ1n) is 10.3. The van der Waals surface area contributed by atoms with Crippen molar-refractivity contribution in [3.63, 3.8) is 0 Å². The summed E-state index contributed by atoms with van der Waals surface area (Å²) in [4.78, 5) is 14.6. The summed E-state index contributed by atoms with van der Waals surface area (Å²) >= 11 is 1.53. The number of rotatable bonds is 5. The number of aryl methyl sites for hydroxylation is 1. The van der Waals surface area contributed by atoms with Gasteiger partial charge in [0, 0.05) is 30.1 Å². The zero-order chi connectivity index (χ0) is 22.3. The fraction of sp³-hybridized carbons (Fsp3) is 0.261. The molecule has 0 saturated carbocycles. The molecule has 0 aliphatic carbocycles. The lowest BCUT2D eigenvalue weighted by Gasteiger charge is -2.27. The van der Waals surface area contributed by atoms with Crippen LogP contribution in [-0.2, 0) is 21.2 Å². The van der Waals surface area contributed by atoms with E-state index in [0.717, 1.165) is 33.0 Å². The molecule has 0 saturated heterocycles. The molecule has 1 N–H and O–H groups in total. The highest BCUT2D eigenvalue weighted by atomic mass is 32.2. The standard InChI is InChI=1S/C23H22N4O3S2/c1-3-32(28,29)17-6-4-5-15(8-17)19-11-26-23(30-12-16-10-24-13-31-16)21-20(19)18-7-14(2)9-25-22(18)27-21/h4-11,13,20-21H,3,12H2,1-2H3,(H,25,27). The fourth-order valence-electron chi connectivity index (χ4n) is 4.08. The van der Waals surface area contributed by atoms with Crippen LogP contribution in [0.25, 0.3) is 5.57 Å². The largest absolute Gasteiger partial charge is 0.473 e. The third-order valence-corrected chi connectivity index (χ3v) is 8.18. The van der Waals surface area contributed by atoms with Crippen molar-refractivity contribution in [2.75, 3.05) is 11.1 Å². The number of thiazole rings is 1. The lowest BCUT2D eigenvalue weighted by molar-refractivity contribution is 0.281. The summed E-state index contributed by atoms with van der Waals surface area (Å²) in [7, 11) is -3.31. The molecule has 0 spiro atoms. The summed E-state index contributed by atoms with van der Waals surface area (Å²) in [6.07, 6.45) is 5.41. The first kappa shape index (κ1) is 20.8. The van der Waals surface area contributed by atoms with Gasteiger partial charge in [-0.15, -0.1) is 11.3 Å². The minimum absolute atomic E-state index is 0.0583. The van der Waals surface area contributed by atoms with Gasteiger partial charge in [0.25, 0.3) is 0 Å². The van der Waals surface area contributed by atoms with E-state index < -0.39 is 9.84 Å². The Hall–Kier alpha value is -3.04. The van der Waals surface area contributed by atoms with Crippen molar-refractivity contribution in [2.24, 2.45) is 4.99 Å². The highest BCUT2D eigenvalue weighted by Crippen LogP contribution is 2.46. The number of anilines is 1. The van der Waals surface area contributed by atoms with Crippen LogP contribution in [0.4, 0.5) is 5.82 Å². The van der Waals surface area contributed by atoms with E-state index >= 15 is 0 Å². The summed E-state index contributed by atoms with van der Waals surface area (Å²) in [6.45, 7) is 4.06. The van der Waals surface area contributed by atoms with Gasteiger partial charge in [-0.1, -0.05) is 25.1 Å². The second-order valence-corrected chi connectivity index (χ2v) is 11.0. The minimum atomic E-state index is -3.31. The van der Waals surface area contributed by atoms with Gasteiger partial charge in [0.1, 0.15) is 18.5 Å². The molecular formula is C23H22N4O3S2. The Balaban J connectivity index is 1.57. The van der Waals surface area contributed by atoms with Gasteiger partial charge in [-0.25, -0.2) is 18.4 Å². The average Bonchev–Trinajstić information content (AvgIpc) is 3.45. The van der Waals surface area contributed by atoms with E-state index in [9.17, 15) is 8.42 Å². The molecule has 0 radical (unpaired) electrons. The van der Waals surface area contributed by atoms with Crippen LogP contribution in [0.3, 0.4) is 0 Å². The van der Waals surface area contributed by atoms with E-state index in [4.69, 9.17) is 4.74 Å². The van der Waals surface area contributed by atoms with Crippen LogP contribution >= 0.6 is 11.3 Å². The first-order valence-corrected chi connectivity index (χ1v) is 12.8. The second-order valence-electron chi connectivity index (χ2n) is 7.79. The maximum atomic E-state index is 12.5. The van der Waals surface area contributed by atoms with Crippen LogP contribution in [0.1, 0.15) is 34.4 Å². The number of fused-ring (bicyclic) bond motifs is 3. The molecule has 4 heterocycles. The molecule has 7 nitrogen and oxygen atoms in total. The van der Waals surface area contributed by atoms with Gasteiger partial charge in [-0.3, -0.25) is 4.98 Å². The third-order valence-electron chi connectivity index (χ3n) is 5.70. The zero-order valence-corrected chi connectivity index (χ0v) is 19.3. The van der Waals surface area contributed by atoms with Crippen LogP contribution in [-0.4, -0.2) is 36.1 Å². The molecule has 2 unspecified atom stereocenters. The van der Waals surface area contributed by atoms with Gasteiger partial charge < -0.3 is 10.1 Å². The average molecular weight is 467 g/mol. The molecule has 1 aromatic carbocycles. The predicted molar refractivity (Wildman–Crippen MR) is 126 cm³/mol. The molecule has 0 bridgehead atoms. The molecule has 32 heavy (non-hydrogen) atoms. The van der Waals surface area contributed by atoms with Gasteiger partial charge in [0.15, 0.2) is 9.84 Å². The number of aromatic nitrogens is 2. The Morgan fingerprint density at radius 1 is 1.22 bits per heavy atom. The van der Waals surface area contributed by atoms with E-state index in [0.29, 0.717) is 17.4 Å². The van der Waals surface area contributed by atoms with Gasteiger partial charge in [0.2, 0.25) is 5.90 Å². The fourth-order valence-corrected chi connectivity index (χ4v) is 5.51. The normalized spacial score (nSPS) is 19.4. The topological polar surface area (TPSA) is 93.5 Å². The van der Waals surface area contributed by atoms with E-state index in [2.05, 4.69) is 26.3 Å². The third kappa shape index (κ3) is 3.71. The minimum Gasteiger partial charge on any atom is -0.473 e. The monoisotopic (exact) mass is 466 g/mol. The van der Waals surface area contributed by atoms with Crippen molar-refractivity contribution in [3.05, 3.63) is 76.0 Å². The molecule has 2 aliphatic heterocycles. The Kier molecular flexibility index (Phi) is 5.30. The van der Waals surface area contributed by atoms with Crippen LogP contribution in [0, 0.1) is 6.92 Å². The Morgan fingerprint density at radius 3 is 2.88 bits per heavy atom. The summed E-state index contributed by atoms with van der Waals surface area (Å²) < 4.78 is 31.0. The van der Waals surface area contributed by atoms with Crippen molar-refractivity contribution < 1.29 is 13.2 Å². The van der Waals surface area contributed by atoms with Crippen LogP contribution < -0.4 is 5.32 Å². The molecule has 0 amide bonds. The number of nitrogens with zero attached hydrogens (tertiary/aromatic N) is 3. The van der Waals surface area contributed by atoms with Crippen LogP contribution in [0.2, 0.25) is 0 Å². The Morgan fingerprint density at radius 2 is 2.09 bits per heavy atom. The molecule has 2 aliphatic rings. The Labute approximate surface area is 190 Å². The number of hydrogen-bond acceptors (Lipinski definition) is 8. The number of nitrogens with one attached hydrogen (secondary N) is 1. The summed E-state index contributed by atoms with van der Waals surface area (Å²) in [5.41, 5.74) is 5.65. The first-order chi connectivity index (χ1) is 15.5. The van der Waals surface area contributed by atoms with E-state index in [1.54, 1.807) is 43.0 Å². The van der Waals surface area contributed by atoms with Gasteiger partial charge >= 0.3 is 0 Å². The Bertz CT molecular complexity index is 1330. The number of pyridine rings is 1. The van der Waals surface area contributed by atoms with Crippen molar-refractivity contribution in [2.45, 2.75) is 37.3 Å². The lowest BCUT2D eigenvalue weighted by atomic mass is 9.83. The number of ether oxygens (including phenoxy) is 1. The highest BCUT2D eigenvalue weighted by Gasteiger charge is 2.42. The lowest BCUT2D eigenvalue weighted by Crippen LogP contribution is -2.35. The van der Waals surface area contributed by atoms with Gasteiger partial charge in [0.05, 0.1) is 21.0 Å². The number of sulfone groups is 1. The SMILES string of the molecule is CCS(=O)(=O)c1cccc(C2=CN=C(OCc3cncs3)C3Nc4ncc(C)cc4C23)c1. The summed E-state index contributed by atoms with van der Waals surface area (Å²) in [6, 6.07) is 8.98. The molecular weight excluding hydrogens is 444 g/mol. The molecule has 3 aromatic rings. The highest BCUT2D eigenvalue weighted by molar-refractivity contribution is 7.91. The molecule has 0 fully saturated rings. The van der Waals surface area contributed by atoms with Crippen LogP contribution in [0.15, 0.2) is 64.3 Å². The smallest absolute Gasteiger partial charge is 0.212 e. The second kappa shape index (κ2) is 8.14. The number of benzene rings is 1. The van der Waals surface area contributed by atoms with Gasteiger partial charge in [-0.05, 0) is 35.8 Å². The molecule has 2 aromatic heterocycles. The number of aliphatic imine (C=N–C) groups is 1. The van der Waals surface area contributed by atoms with Crippen molar-refractivity contribution >= 4 is 38.5 Å². The maximum Gasteiger partial charge on any atom is 0.212 e. The summed E-state index contributed by atoms with van der Waals surface area (Å²) in [5, 5.41) is 3.46. The van der Waals surface area contributed by atoms with E-state index in [1.807, 2.05) is 19.2 Å². The predicted octanol–water partition coefficient (Wildman–Crippen LogP) is 4.19. The number of hydrogen-bond donors (Lipinski definition) is 1. The van der Waals surface area contributed by atoms with Crippen molar-refractivity contribution in [1.29, 1.82) is 0 Å². The van der Waals surface area contributed by atoms with Crippen LogP contribution in [0.5, 0.6) is 0 Å². The quantitative estimate of drug-likeness (QED) is 0.606. The van der Waals surface area contributed by atoms with Crippen molar-refractivity contribution in [1.82, 2.24) is 9.97 Å². The van der Waals surface area contributed by atoms with E-state index in [-0.39, 0.29) is 17.7 Å². The van der Waals surface area contributed by atoms with E-state index in [1.165, 1.54) is 11.3 Å². The molecule has 2 atom stereocenters. The van der Waals surface area contributed by atoms with Gasteiger partial charge in [-0.2, -0.15) is 0 Å². The zero-order valence-electron chi connectivity index (χ0n) is 17.6. The summed E-state index contributed by atoms with van der Waals surface area (Å²) in [5.74, 6) is 1.35.